The molecule has 0 aliphatic carbocycles. The van der Waals surface area contributed by atoms with Crippen molar-refractivity contribution in [3.05, 3.63) is 83.4 Å². The van der Waals surface area contributed by atoms with Crippen molar-refractivity contribution in [3.63, 3.8) is 0 Å². The van der Waals surface area contributed by atoms with Gasteiger partial charge in [-0.2, -0.15) is 0 Å². The molecule has 0 saturated carbocycles. The van der Waals surface area contributed by atoms with Crippen LogP contribution in [0.15, 0.2) is 66.7 Å². The zero-order valence-electron chi connectivity index (χ0n) is 13.8. The minimum Gasteiger partial charge on any atom is -0.481 e. The third-order valence-electron chi connectivity index (χ3n) is 4.31. The number of hydrogen-bond donors (Lipinski definition) is 1. The monoisotopic (exact) mass is 334 g/mol. The predicted molar refractivity (Wildman–Crippen MR) is 95.8 cm³/mol. The maximum Gasteiger partial charge on any atom is 0.337 e. The number of carbonyl (C=O) groups excluding carboxylic acids is 1. The number of carboxylic acid groups (broad SMARTS) is 1. The Bertz CT molecular complexity index is 907. The molecule has 0 aliphatic rings. The summed E-state index contributed by atoms with van der Waals surface area (Å²) >= 11 is 0. The predicted octanol–water partition coefficient (Wildman–Crippen LogP) is 4.04. The molecule has 25 heavy (non-hydrogen) atoms. The zero-order valence-corrected chi connectivity index (χ0v) is 13.8. The highest BCUT2D eigenvalue weighted by Crippen LogP contribution is 2.29. The molecular formula is C21H18O4. The van der Waals surface area contributed by atoms with E-state index in [4.69, 9.17) is 0 Å². The molecule has 4 nitrogen and oxygen atoms in total. The van der Waals surface area contributed by atoms with E-state index in [0.29, 0.717) is 12.0 Å². The van der Waals surface area contributed by atoms with Gasteiger partial charge in [-0.15, -0.1) is 0 Å². The first-order valence-electron chi connectivity index (χ1n) is 7.98. The number of fused-ring (bicyclic) bond motifs is 1. The van der Waals surface area contributed by atoms with Crippen molar-refractivity contribution in [2.45, 2.75) is 12.3 Å². The number of carbonyl (C=O) groups is 2. The van der Waals surface area contributed by atoms with Crippen LogP contribution < -0.4 is 0 Å². The number of methoxy groups -OCH3 is 1. The fourth-order valence-corrected chi connectivity index (χ4v) is 3.02. The number of carboxylic acids is 1. The Labute approximate surface area is 145 Å². The first kappa shape index (κ1) is 16.7. The van der Waals surface area contributed by atoms with Gasteiger partial charge in [-0.25, -0.2) is 4.79 Å². The van der Waals surface area contributed by atoms with E-state index in [2.05, 4.69) is 4.74 Å². The molecule has 0 heterocycles. The summed E-state index contributed by atoms with van der Waals surface area (Å²) in [5.74, 6) is -1.93. The van der Waals surface area contributed by atoms with Crippen molar-refractivity contribution in [1.29, 1.82) is 0 Å². The lowest BCUT2D eigenvalue weighted by Gasteiger charge is -2.16. The van der Waals surface area contributed by atoms with Gasteiger partial charge in [0.2, 0.25) is 0 Å². The summed E-state index contributed by atoms with van der Waals surface area (Å²) in [4.78, 5) is 23.4. The molecule has 126 valence electrons. The molecule has 3 rings (SSSR count). The Balaban J connectivity index is 1.94. The number of aliphatic carboxylic acids is 1. The van der Waals surface area contributed by atoms with Crippen molar-refractivity contribution < 1.29 is 19.4 Å². The average Bonchev–Trinajstić information content (AvgIpc) is 2.65. The minimum absolute atomic E-state index is 0.352. The van der Waals surface area contributed by atoms with Crippen LogP contribution in [0.5, 0.6) is 0 Å². The Morgan fingerprint density at radius 2 is 1.64 bits per heavy atom. The fourth-order valence-electron chi connectivity index (χ4n) is 3.02. The molecule has 0 radical (unpaired) electrons. The molecule has 0 amide bonds. The zero-order chi connectivity index (χ0) is 17.8. The Morgan fingerprint density at radius 3 is 2.32 bits per heavy atom. The van der Waals surface area contributed by atoms with Crippen LogP contribution in [-0.2, 0) is 16.0 Å². The molecule has 4 heteroatoms. The fraction of sp³-hybridized carbons (Fsp3) is 0.143. The molecule has 1 atom stereocenters. The second kappa shape index (κ2) is 7.18. The maximum absolute atomic E-state index is 11.9. The number of hydrogen-bond acceptors (Lipinski definition) is 3. The Morgan fingerprint density at radius 1 is 0.960 bits per heavy atom. The van der Waals surface area contributed by atoms with E-state index in [9.17, 15) is 14.7 Å². The molecule has 0 spiro atoms. The van der Waals surface area contributed by atoms with E-state index < -0.39 is 17.9 Å². The summed E-state index contributed by atoms with van der Waals surface area (Å²) < 4.78 is 4.68. The third-order valence-corrected chi connectivity index (χ3v) is 4.31. The normalized spacial score (nSPS) is 11.9. The van der Waals surface area contributed by atoms with Gasteiger partial charge in [0, 0.05) is 0 Å². The number of ether oxygens (including phenoxy) is 1. The lowest BCUT2D eigenvalue weighted by molar-refractivity contribution is -0.138. The van der Waals surface area contributed by atoms with Gasteiger partial charge in [-0.1, -0.05) is 54.6 Å². The highest BCUT2D eigenvalue weighted by Gasteiger charge is 2.22. The third kappa shape index (κ3) is 3.53. The molecule has 1 unspecified atom stereocenters. The summed E-state index contributed by atoms with van der Waals surface area (Å²) in [5.41, 5.74) is 2.10. The number of rotatable bonds is 5. The van der Waals surface area contributed by atoms with Crippen molar-refractivity contribution in [1.82, 2.24) is 0 Å². The minimum atomic E-state index is -0.867. The summed E-state index contributed by atoms with van der Waals surface area (Å²) in [6, 6.07) is 20.3. The van der Waals surface area contributed by atoms with Gasteiger partial charge in [-0.3, -0.25) is 4.79 Å². The van der Waals surface area contributed by atoms with Gasteiger partial charge in [0.1, 0.15) is 0 Å². The molecule has 0 aliphatic heterocycles. The lowest BCUT2D eigenvalue weighted by Crippen LogP contribution is -2.15. The van der Waals surface area contributed by atoms with E-state index in [1.54, 1.807) is 24.3 Å². The highest BCUT2D eigenvalue weighted by atomic mass is 16.5. The smallest absolute Gasteiger partial charge is 0.337 e. The van der Waals surface area contributed by atoms with Crippen LogP contribution in [0.4, 0.5) is 0 Å². The SMILES string of the molecule is COC(=O)c1ccc(CC(C(=O)O)c2cccc3ccccc23)cc1. The van der Waals surface area contributed by atoms with Crippen LogP contribution in [0, 0.1) is 0 Å². The van der Waals surface area contributed by atoms with Crippen LogP contribution in [-0.4, -0.2) is 24.2 Å². The van der Waals surface area contributed by atoms with Crippen LogP contribution in [0.25, 0.3) is 10.8 Å². The van der Waals surface area contributed by atoms with Crippen molar-refractivity contribution in [3.8, 4) is 0 Å². The van der Waals surface area contributed by atoms with E-state index in [-0.39, 0.29) is 0 Å². The molecule has 0 saturated heterocycles. The summed E-state index contributed by atoms with van der Waals surface area (Å²) in [6.45, 7) is 0. The largest absolute Gasteiger partial charge is 0.481 e. The van der Waals surface area contributed by atoms with Crippen LogP contribution >= 0.6 is 0 Å². The molecule has 0 aromatic heterocycles. The van der Waals surface area contributed by atoms with Gasteiger partial charge < -0.3 is 9.84 Å². The van der Waals surface area contributed by atoms with E-state index in [1.807, 2.05) is 42.5 Å². The van der Waals surface area contributed by atoms with Gasteiger partial charge >= 0.3 is 11.9 Å². The summed E-state index contributed by atoms with van der Waals surface area (Å²) in [5, 5.41) is 11.7. The van der Waals surface area contributed by atoms with Crippen molar-refractivity contribution in [2.24, 2.45) is 0 Å². The van der Waals surface area contributed by atoms with Crippen molar-refractivity contribution in [2.75, 3.05) is 7.11 Å². The first-order valence-corrected chi connectivity index (χ1v) is 7.98. The molecule has 3 aromatic carbocycles. The quantitative estimate of drug-likeness (QED) is 0.715. The Kier molecular flexibility index (Phi) is 4.80. The average molecular weight is 334 g/mol. The van der Waals surface area contributed by atoms with E-state index in [1.165, 1.54) is 7.11 Å². The standard InChI is InChI=1S/C21H18O4/c1-25-21(24)16-11-9-14(10-12-16)13-19(20(22)23)18-8-4-6-15-5-2-3-7-17(15)18/h2-12,19H,13H2,1H3,(H,22,23). The second-order valence-corrected chi connectivity index (χ2v) is 5.85. The van der Waals surface area contributed by atoms with Gasteiger partial charge in [0.05, 0.1) is 18.6 Å². The molecular weight excluding hydrogens is 316 g/mol. The molecule has 0 bridgehead atoms. The summed E-state index contributed by atoms with van der Waals surface area (Å²) in [7, 11) is 1.33. The molecule has 1 N–H and O–H groups in total. The maximum atomic E-state index is 11.9. The van der Waals surface area contributed by atoms with Gasteiger partial charge in [0.15, 0.2) is 0 Å². The molecule has 0 fully saturated rings. The van der Waals surface area contributed by atoms with Crippen LogP contribution in [0.3, 0.4) is 0 Å². The second-order valence-electron chi connectivity index (χ2n) is 5.85. The van der Waals surface area contributed by atoms with Crippen molar-refractivity contribution >= 4 is 22.7 Å². The van der Waals surface area contributed by atoms with E-state index >= 15 is 0 Å². The number of benzene rings is 3. The van der Waals surface area contributed by atoms with Crippen LogP contribution in [0.2, 0.25) is 0 Å². The van der Waals surface area contributed by atoms with Crippen LogP contribution in [0.1, 0.15) is 27.4 Å². The van der Waals surface area contributed by atoms with Gasteiger partial charge in [0.25, 0.3) is 0 Å². The summed E-state index contributed by atoms with van der Waals surface area (Å²) in [6.07, 6.45) is 0.352. The lowest BCUT2D eigenvalue weighted by atomic mass is 9.88. The van der Waals surface area contributed by atoms with Gasteiger partial charge in [-0.05, 0) is 40.5 Å². The topological polar surface area (TPSA) is 63.6 Å². The van der Waals surface area contributed by atoms with E-state index in [0.717, 1.165) is 21.9 Å². The number of esters is 1. The molecule has 3 aromatic rings. The Hall–Kier alpha value is -3.14. The highest BCUT2D eigenvalue weighted by molar-refractivity contribution is 5.91. The first-order chi connectivity index (χ1) is 12.1.